The Morgan fingerprint density at radius 2 is 2.12 bits per heavy atom. The van der Waals surface area contributed by atoms with E-state index in [0.717, 1.165) is 26.6 Å². The van der Waals surface area contributed by atoms with Crippen molar-refractivity contribution >= 4 is 44.4 Å². The summed E-state index contributed by atoms with van der Waals surface area (Å²) in [4.78, 5) is 14.4. The van der Waals surface area contributed by atoms with Crippen LogP contribution in [0.2, 0.25) is 0 Å². The fourth-order valence-corrected chi connectivity index (χ4v) is 2.60. The highest BCUT2D eigenvalue weighted by Crippen LogP contribution is 2.22. The Morgan fingerprint density at radius 1 is 1.47 bits per heavy atom. The topological polar surface area (TPSA) is 20.3 Å². The van der Waals surface area contributed by atoms with E-state index in [0.29, 0.717) is 0 Å². The molecule has 94 valence electrons. The molecule has 0 aliphatic heterocycles. The smallest absolute Gasteiger partial charge is 0.255 e. The van der Waals surface area contributed by atoms with Crippen LogP contribution in [0.5, 0.6) is 0 Å². The van der Waals surface area contributed by atoms with Gasteiger partial charge >= 0.3 is 0 Å². The van der Waals surface area contributed by atoms with E-state index in [1.54, 1.807) is 0 Å². The maximum atomic E-state index is 12.4. The molecule has 2 nitrogen and oxygen atoms in total. The van der Waals surface area contributed by atoms with Gasteiger partial charge in [-0.1, -0.05) is 6.92 Å². The number of rotatable bonds is 4. The van der Waals surface area contributed by atoms with E-state index in [1.807, 2.05) is 30.0 Å². The molecule has 1 aromatic rings. The van der Waals surface area contributed by atoms with Gasteiger partial charge in [-0.3, -0.25) is 4.79 Å². The summed E-state index contributed by atoms with van der Waals surface area (Å²) >= 11 is 5.67. The van der Waals surface area contributed by atoms with Crippen LogP contribution < -0.4 is 0 Å². The summed E-state index contributed by atoms with van der Waals surface area (Å²) in [6, 6.07) is 6.12. The van der Waals surface area contributed by atoms with Crippen molar-refractivity contribution in [2.75, 3.05) is 6.54 Å². The maximum absolute atomic E-state index is 12.4. The van der Waals surface area contributed by atoms with E-state index < -0.39 is 0 Å². The van der Waals surface area contributed by atoms with Crippen molar-refractivity contribution in [3.05, 3.63) is 31.8 Å². The molecule has 0 heterocycles. The quantitative estimate of drug-likeness (QED) is 0.678. The van der Waals surface area contributed by atoms with Gasteiger partial charge in [0.25, 0.3) is 5.91 Å². The van der Waals surface area contributed by atoms with E-state index in [9.17, 15) is 4.79 Å². The van der Waals surface area contributed by atoms with Gasteiger partial charge in [0.15, 0.2) is 0 Å². The monoisotopic (exact) mass is 409 g/mol. The standard InChI is InChI=1S/C13H17BrINO/c1-4-9(3)16(5-2)13(17)11-8-10(15)6-7-12(11)14/h6-9H,4-5H2,1-3H3. The highest BCUT2D eigenvalue weighted by atomic mass is 127. The lowest BCUT2D eigenvalue weighted by Crippen LogP contribution is -2.38. The molecule has 0 radical (unpaired) electrons. The number of nitrogens with zero attached hydrogens (tertiary/aromatic N) is 1. The predicted octanol–water partition coefficient (Wildman–Crippen LogP) is 4.31. The average molecular weight is 410 g/mol. The largest absolute Gasteiger partial charge is 0.336 e. The minimum atomic E-state index is 0.104. The van der Waals surface area contributed by atoms with Crippen LogP contribution in [0.25, 0.3) is 0 Å². The van der Waals surface area contributed by atoms with E-state index >= 15 is 0 Å². The van der Waals surface area contributed by atoms with Crippen LogP contribution in [-0.4, -0.2) is 23.4 Å². The molecule has 0 spiro atoms. The van der Waals surface area contributed by atoms with Crippen LogP contribution in [0.4, 0.5) is 0 Å². The first kappa shape index (κ1) is 15.0. The second kappa shape index (κ2) is 6.73. The van der Waals surface area contributed by atoms with Gasteiger partial charge < -0.3 is 4.90 Å². The molecule has 1 rings (SSSR count). The number of carbonyl (C=O) groups excluding carboxylic acids is 1. The van der Waals surface area contributed by atoms with E-state index in [-0.39, 0.29) is 11.9 Å². The summed E-state index contributed by atoms with van der Waals surface area (Å²) in [6.45, 7) is 6.95. The number of hydrogen-bond donors (Lipinski definition) is 0. The number of carbonyl (C=O) groups is 1. The Balaban J connectivity index is 3.05. The van der Waals surface area contributed by atoms with Crippen molar-refractivity contribution in [1.82, 2.24) is 4.90 Å². The van der Waals surface area contributed by atoms with Gasteiger partial charge in [0, 0.05) is 20.6 Å². The number of benzene rings is 1. The van der Waals surface area contributed by atoms with Crippen molar-refractivity contribution in [1.29, 1.82) is 0 Å². The fourth-order valence-electron chi connectivity index (χ4n) is 1.69. The molecule has 1 unspecified atom stereocenters. The zero-order chi connectivity index (χ0) is 13.0. The molecular weight excluding hydrogens is 393 g/mol. The average Bonchev–Trinajstić information content (AvgIpc) is 2.32. The number of hydrogen-bond acceptors (Lipinski definition) is 1. The van der Waals surface area contributed by atoms with Crippen molar-refractivity contribution in [2.45, 2.75) is 33.2 Å². The first-order chi connectivity index (χ1) is 8.01. The predicted molar refractivity (Wildman–Crippen MR) is 83.3 cm³/mol. The molecule has 0 N–H and O–H groups in total. The van der Waals surface area contributed by atoms with E-state index in [4.69, 9.17) is 0 Å². The van der Waals surface area contributed by atoms with E-state index in [1.165, 1.54) is 0 Å². The summed E-state index contributed by atoms with van der Waals surface area (Å²) in [7, 11) is 0. The second-order valence-corrected chi connectivity index (χ2v) is 6.07. The molecule has 0 saturated heterocycles. The van der Waals surface area contributed by atoms with Gasteiger partial charge in [0.1, 0.15) is 0 Å². The lowest BCUT2D eigenvalue weighted by molar-refractivity contribution is 0.0699. The third-order valence-corrected chi connectivity index (χ3v) is 4.25. The summed E-state index contributed by atoms with van der Waals surface area (Å²) in [5, 5.41) is 0. The van der Waals surface area contributed by atoms with Gasteiger partial charge in [-0.05, 0) is 77.0 Å². The Morgan fingerprint density at radius 3 is 2.65 bits per heavy atom. The van der Waals surface area contributed by atoms with Crippen LogP contribution in [0.3, 0.4) is 0 Å². The summed E-state index contributed by atoms with van der Waals surface area (Å²) in [5.74, 6) is 0.104. The highest BCUT2D eigenvalue weighted by Gasteiger charge is 2.20. The third kappa shape index (κ3) is 3.68. The fraction of sp³-hybridized carbons (Fsp3) is 0.462. The Hall–Kier alpha value is -0.100. The van der Waals surface area contributed by atoms with Gasteiger partial charge in [-0.15, -0.1) is 0 Å². The molecule has 0 fully saturated rings. The third-order valence-electron chi connectivity index (χ3n) is 2.88. The van der Waals surface area contributed by atoms with E-state index in [2.05, 4.69) is 52.4 Å². The molecule has 0 aromatic heterocycles. The number of halogens is 2. The zero-order valence-corrected chi connectivity index (χ0v) is 14.1. The van der Waals surface area contributed by atoms with Gasteiger partial charge in [0.2, 0.25) is 0 Å². The van der Waals surface area contributed by atoms with Gasteiger partial charge in [-0.25, -0.2) is 0 Å². The van der Waals surface area contributed by atoms with Crippen LogP contribution in [0.1, 0.15) is 37.6 Å². The molecule has 0 saturated carbocycles. The lowest BCUT2D eigenvalue weighted by Gasteiger charge is -2.27. The normalized spacial score (nSPS) is 12.3. The minimum Gasteiger partial charge on any atom is -0.336 e. The van der Waals surface area contributed by atoms with Gasteiger partial charge in [0.05, 0.1) is 5.56 Å². The first-order valence-electron chi connectivity index (χ1n) is 5.77. The van der Waals surface area contributed by atoms with Crippen molar-refractivity contribution in [2.24, 2.45) is 0 Å². The molecule has 0 bridgehead atoms. The van der Waals surface area contributed by atoms with Crippen LogP contribution in [0.15, 0.2) is 22.7 Å². The van der Waals surface area contributed by atoms with Crippen LogP contribution in [-0.2, 0) is 0 Å². The second-order valence-electron chi connectivity index (χ2n) is 3.97. The van der Waals surface area contributed by atoms with Gasteiger partial charge in [-0.2, -0.15) is 0 Å². The summed E-state index contributed by atoms with van der Waals surface area (Å²) < 4.78 is 1.94. The first-order valence-corrected chi connectivity index (χ1v) is 7.64. The van der Waals surface area contributed by atoms with Crippen LogP contribution in [0, 0.1) is 3.57 Å². The molecule has 1 amide bonds. The van der Waals surface area contributed by atoms with Crippen molar-refractivity contribution < 1.29 is 4.79 Å². The SMILES string of the molecule is CCC(C)N(CC)C(=O)c1cc(I)ccc1Br. The number of amides is 1. The minimum absolute atomic E-state index is 0.104. The summed E-state index contributed by atoms with van der Waals surface area (Å²) in [6.07, 6.45) is 0.973. The molecule has 17 heavy (non-hydrogen) atoms. The Labute approximate surface area is 125 Å². The molecular formula is C13H17BrINO. The highest BCUT2D eigenvalue weighted by molar-refractivity contribution is 14.1. The maximum Gasteiger partial charge on any atom is 0.255 e. The zero-order valence-electron chi connectivity index (χ0n) is 10.3. The molecule has 0 aliphatic carbocycles. The van der Waals surface area contributed by atoms with Crippen LogP contribution >= 0.6 is 38.5 Å². The summed E-state index contributed by atoms with van der Waals surface area (Å²) in [5.41, 5.74) is 0.749. The molecule has 1 atom stereocenters. The lowest BCUT2D eigenvalue weighted by atomic mass is 10.1. The molecule has 4 heteroatoms. The molecule has 0 aliphatic rings. The Kier molecular flexibility index (Phi) is 5.92. The Bertz CT molecular complexity index is 408. The van der Waals surface area contributed by atoms with Crippen molar-refractivity contribution in [3.8, 4) is 0 Å². The van der Waals surface area contributed by atoms with Crippen molar-refractivity contribution in [3.63, 3.8) is 0 Å². The molecule has 1 aromatic carbocycles.